The van der Waals surface area contributed by atoms with Crippen LogP contribution in [0, 0.1) is 6.92 Å². The van der Waals surface area contributed by atoms with E-state index >= 15 is 0 Å². The molecule has 3 rings (SSSR count). The van der Waals surface area contributed by atoms with Crippen LogP contribution < -0.4 is 10.6 Å². The summed E-state index contributed by atoms with van der Waals surface area (Å²) in [7, 11) is 1.97. The molecule has 2 aromatic heterocycles. The number of nitrogens with one attached hydrogen (secondary N) is 2. The van der Waals surface area contributed by atoms with Gasteiger partial charge in [0.05, 0.1) is 6.54 Å². The molecule has 0 aliphatic carbocycles. The Bertz CT molecular complexity index is 780. The van der Waals surface area contributed by atoms with Gasteiger partial charge in [0.15, 0.2) is 17.6 Å². The molecular formula is C18H32IN9. The molecule has 0 saturated carbocycles. The van der Waals surface area contributed by atoms with Gasteiger partial charge >= 0.3 is 0 Å². The molecule has 1 aliphatic heterocycles. The molecule has 1 unspecified atom stereocenters. The van der Waals surface area contributed by atoms with Gasteiger partial charge in [-0.1, -0.05) is 20.3 Å². The van der Waals surface area contributed by atoms with Gasteiger partial charge in [-0.15, -0.1) is 34.2 Å². The molecular weight excluding hydrogens is 469 g/mol. The molecule has 10 heteroatoms. The smallest absolute Gasteiger partial charge is 0.191 e. The predicted octanol–water partition coefficient (Wildman–Crippen LogP) is 1.75. The number of hydrogen-bond donors (Lipinski definition) is 2. The summed E-state index contributed by atoms with van der Waals surface area (Å²) in [5, 5.41) is 19.9. The number of unbranched alkanes of at least 4 members (excludes halogenated alkanes) is 1. The average Bonchev–Trinajstić information content (AvgIpc) is 3.23. The Balaban J connectivity index is 0.00000280. The fourth-order valence-electron chi connectivity index (χ4n) is 3.10. The topological polar surface area (TPSA) is 97.8 Å². The summed E-state index contributed by atoms with van der Waals surface area (Å²) in [5.74, 6) is 4.61. The molecule has 2 N–H and O–H groups in total. The van der Waals surface area contributed by atoms with Crippen molar-refractivity contribution in [1.82, 2.24) is 40.2 Å². The summed E-state index contributed by atoms with van der Waals surface area (Å²) in [6.07, 6.45) is 5.10. The molecule has 1 aliphatic rings. The first kappa shape index (κ1) is 22.6. The molecule has 0 bridgehead atoms. The van der Waals surface area contributed by atoms with Crippen LogP contribution in [-0.2, 0) is 33.0 Å². The minimum atomic E-state index is 0. The summed E-state index contributed by atoms with van der Waals surface area (Å²) >= 11 is 0. The van der Waals surface area contributed by atoms with Gasteiger partial charge in [-0.3, -0.25) is 0 Å². The lowest BCUT2D eigenvalue weighted by Crippen LogP contribution is -2.47. The predicted molar refractivity (Wildman–Crippen MR) is 120 cm³/mol. The Morgan fingerprint density at radius 1 is 1.29 bits per heavy atom. The zero-order valence-corrected chi connectivity index (χ0v) is 19.6. The van der Waals surface area contributed by atoms with Crippen molar-refractivity contribution < 1.29 is 0 Å². The van der Waals surface area contributed by atoms with Crippen molar-refractivity contribution in [2.45, 2.75) is 72.0 Å². The highest BCUT2D eigenvalue weighted by atomic mass is 127. The van der Waals surface area contributed by atoms with Crippen LogP contribution in [-0.4, -0.2) is 48.1 Å². The van der Waals surface area contributed by atoms with Crippen molar-refractivity contribution in [3.05, 3.63) is 23.3 Å². The number of aromatic nitrogens is 6. The fraction of sp³-hybridized carbons (Fsp3) is 0.722. The highest BCUT2D eigenvalue weighted by Gasteiger charge is 2.22. The van der Waals surface area contributed by atoms with Gasteiger partial charge in [0.25, 0.3) is 0 Å². The Morgan fingerprint density at radius 3 is 2.79 bits per heavy atom. The number of guanidine groups is 1. The average molecular weight is 501 g/mol. The quantitative estimate of drug-likeness (QED) is 0.260. The molecule has 3 heterocycles. The van der Waals surface area contributed by atoms with E-state index in [1.807, 2.05) is 23.2 Å². The maximum Gasteiger partial charge on any atom is 0.191 e. The second-order valence-corrected chi connectivity index (χ2v) is 7.03. The summed E-state index contributed by atoms with van der Waals surface area (Å²) in [4.78, 5) is 9.33. The number of fused-ring (bicyclic) bond motifs is 1. The molecule has 0 amide bonds. The Morgan fingerprint density at radius 2 is 2.11 bits per heavy atom. The fourth-order valence-corrected chi connectivity index (χ4v) is 3.10. The number of aryl methyl sites for hydroxylation is 3. The molecule has 0 fully saturated rings. The van der Waals surface area contributed by atoms with Gasteiger partial charge in [-0.2, -0.15) is 5.10 Å². The van der Waals surface area contributed by atoms with Crippen LogP contribution in [0.2, 0.25) is 0 Å². The van der Waals surface area contributed by atoms with Crippen LogP contribution in [0.4, 0.5) is 0 Å². The molecule has 28 heavy (non-hydrogen) atoms. The van der Waals surface area contributed by atoms with Gasteiger partial charge in [-0.25, -0.2) is 14.7 Å². The van der Waals surface area contributed by atoms with Crippen molar-refractivity contribution in [3.63, 3.8) is 0 Å². The monoisotopic (exact) mass is 501 g/mol. The van der Waals surface area contributed by atoms with Crippen LogP contribution >= 0.6 is 24.0 Å². The van der Waals surface area contributed by atoms with Gasteiger partial charge in [-0.05, 0) is 19.8 Å². The van der Waals surface area contributed by atoms with Crippen molar-refractivity contribution in [1.29, 1.82) is 0 Å². The van der Waals surface area contributed by atoms with E-state index in [1.165, 1.54) is 0 Å². The Hall–Kier alpha value is -1.72. The zero-order chi connectivity index (χ0) is 19.2. The maximum atomic E-state index is 4.74. The van der Waals surface area contributed by atoms with E-state index in [1.54, 1.807) is 0 Å². The van der Waals surface area contributed by atoms with E-state index in [9.17, 15) is 0 Å². The molecule has 0 radical (unpaired) electrons. The van der Waals surface area contributed by atoms with E-state index in [2.05, 4.69) is 44.8 Å². The second kappa shape index (κ2) is 10.7. The lowest BCUT2D eigenvalue weighted by Gasteiger charge is -2.25. The Labute approximate surface area is 183 Å². The molecule has 0 saturated heterocycles. The van der Waals surface area contributed by atoms with Crippen molar-refractivity contribution in [2.24, 2.45) is 12.0 Å². The van der Waals surface area contributed by atoms with Crippen LogP contribution in [0.3, 0.4) is 0 Å². The SMILES string of the molecule is CCCCNC(=NCc1nnc(C)n1C)NC1CCc2nc(CC)nn2C1.I. The lowest BCUT2D eigenvalue weighted by molar-refractivity contribution is 0.391. The number of nitrogens with zero attached hydrogens (tertiary/aromatic N) is 7. The summed E-state index contributed by atoms with van der Waals surface area (Å²) in [5.41, 5.74) is 0. The zero-order valence-electron chi connectivity index (χ0n) is 17.3. The summed E-state index contributed by atoms with van der Waals surface area (Å²) < 4.78 is 4.01. The minimum absolute atomic E-state index is 0. The van der Waals surface area contributed by atoms with E-state index < -0.39 is 0 Å². The number of hydrogen-bond acceptors (Lipinski definition) is 5. The first-order valence-electron chi connectivity index (χ1n) is 9.93. The third-order valence-corrected chi connectivity index (χ3v) is 4.94. The number of rotatable bonds is 7. The maximum absolute atomic E-state index is 4.74. The number of aliphatic imine (C=N–C) groups is 1. The highest BCUT2D eigenvalue weighted by molar-refractivity contribution is 14.0. The van der Waals surface area contributed by atoms with Crippen LogP contribution in [0.5, 0.6) is 0 Å². The molecule has 1 atom stereocenters. The summed E-state index contributed by atoms with van der Waals surface area (Å²) in [6.45, 7) is 8.45. The van der Waals surface area contributed by atoms with Crippen LogP contribution in [0.25, 0.3) is 0 Å². The Kier molecular flexibility index (Phi) is 8.64. The molecule has 156 valence electrons. The number of halogens is 1. The summed E-state index contributed by atoms with van der Waals surface area (Å²) in [6, 6.07) is 0.290. The molecule has 2 aromatic rings. The highest BCUT2D eigenvalue weighted by Crippen LogP contribution is 2.13. The van der Waals surface area contributed by atoms with Crippen molar-refractivity contribution in [2.75, 3.05) is 6.54 Å². The van der Waals surface area contributed by atoms with E-state index in [-0.39, 0.29) is 30.0 Å². The van der Waals surface area contributed by atoms with Gasteiger partial charge < -0.3 is 15.2 Å². The molecule has 9 nitrogen and oxygen atoms in total. The van der Waals surface area contributed by atoms with E-state index in [0.29, 0.717) is 6.54 Å². The van der Waals surface area contributed by atoms with Gasteiger partial charge in [0, 0.05) is 32.5 Å². The van der Waals surface area contributed by atoms with Crippen LogP contribution in [0.1, 0.15) is 56.4 Å². The van der Waals surface area contributed by atoms with Gasteiger partial charge in [0.1, 0.15) is 18.2 Å². The van der Waals surface area contributed by atoms with Crippen molar-refractivity contribution >= 4 is 29.9 Å². The first-order chi connectivity index (χ1) is 13.1. The third kappa shape index (κ3) is 5.65. The van der Waals surface area contributed by atoms with E-state index in [4.69, 9.17) is 4.99 Å². The molecule has 0 spiro atoms. The lowest BCUT2D eigenvalue weighted by atomic mass is 10.1. The molecule has 0 aromatic carbocycles. The van der Waals surface area contributed by atoms with Crippen LogP contribution in [0.15, 0.2) is 4.99 Å². The normalized spacial score (nSPS) is 16.4. The second-order valence-electron chi connectivity index (χ2n) is 7.03. The van der Waals surface area contributed by atoms with Crippen molar-refractivity contribution in [3.8, 4) is 0 Å². The van der Waals surface area contributed by atoms with Gasteiger partial charge in [0.2, 0.25) is 0 Å². The van der Waals surface area contributed by atoms with E-state index in [0.717, 1.165) is 74.5 Å². The first-order valence-corrected chi connectivity index (χ1v) is 9.93. The largest absolute Gasteiger partial charge is 0.356 e. The third-order valence-electron chi connectivity index (χ3n) is 4.94. The standard InChI is InChI=1S/C18H31N9.HI/c1-5-7-10-19-18(20-11-17-24-23-13(3)26(17)4)21-14-8-9-16-22-15(6-2)25-27(16)12-14;/h14H,5-12H2,1-4H3,(H2,19,20,21);1H. The minimum Gasteiger partial charge on any atom is -0.356 e.